The Kier molecular flexibility index (Phi) is 4.74. The summed E-state index contributed by atoms with van der Waals surface area (Å²) in [5, 5.41) is 6.35. The maximum absolute atomic E-state index is 11.8. The monoisotopic (exact) mass is 275 g/mol. The number of nitrogens with zero attached hydrogens (tertiary/aromatic N) is 1. The number of nitrogens with one attached hydrogen (secondary N) is 2. The fourth-order valence-corrected chi connectivity index (χ4v) is 2.36. The Morgan fingerprint density at radius 1 is 1.35 bits per heavy atom. The molecule has 1 saturated carbocycles. The molecule has 17 heavy (non-hydrogen) atoms. The summed E-state index contributed by atoms with van der Waals surface area (Å²) in [5.41, 5.74) is 0.649. The first-order valence-electron chi connectivity index (χ1n) is 5.28. The van der Waals surface area contributed by atoms with Gasteiger partial charge in [0.25, 0.3) is 5.91 Å². The molecular formula is C11H15Cl2N3O. The van der Waals surface area contributed by atoms with Gasteiger partial charge < -0.3 is 10.6 Å². The van der Waals surface area contributed by atoms with Crippen LogP contribution >= 0.6 is 24.8 Å². The van der Waals surface area contributed by atoms with Gasteiger partial charge in [-0.2, -0.15) is 0 Å². The Hall–Kier alpha value is -0.840. The first kappa shape index (κ1) is 14.2. The van der Waals surface area contributed by atoms with Gasteiger partial charge in [0.15, 0.2) is 0 Å². The van der Waals surface area contributed by atoms with Crippen LogP contribution in [0.4, 0.5) is 0 Å². The lowest BCUT2D eigenvalue weighted by atomic mass is 10.2. The van der Waals surface area contributed by atoms with Gasteiger partial charge in [0.2, 0.25) is 0 Å². The molecule has 2 heterocycles. The molecule has 1 amide bonds. The van der Waals surface area contributed by atoms with Crippen LogP contribution in [0.25, 0.3) is 0 Å². The third-order valence-corrected chi connectivity index (χ3v) is 3.31. The Morgan fingerprint density at radius 3 is 2.65 bits per heavy atom. The number of hydrogen-bond acceptors (Lipinski definition) is 3. The third kappa shape index (κ3) is 2.70. The minimum atomic E-state index is 0. The van der Waals surface area contributed by atoms with E-state index in [2.05, 4.69) is 15.6 Å². The highest BCUT2D eigenvalue weighted by Gasteiger charge is 2.53. The summed E-state index contributed by atoms with van der Waals surface area (Å²) < 4.78 is 0. The zero-order valence-electron chi connectivity index (χ0n) is 9.13. The third-order valence-electron chi connectivity index (χ3n) is 3.31. The topological polar surface area (TPSA) is 54.0 Å². The quantitative estimate of drug-likeness (QED) is 0.843. The SMILES string of the molecule is Cl.Cl.O=C(NC1C2CNCC21)c1cccnc1. The van der Waals surface area contributed by atoms with Crippen molar-refractivity contribution in [2.24, 2.45) is 11.8 Å². The molecule has 2 N–H and O–H groups in total. The van der Waals surface area contributed by atoms with E-state index in [1.165, 1.54) is 0 Å². The van der Waals surface area contributed by atoms with Gasteiger partial charge in [-0.15, -0.1) is 24.8 Å². The van der Waals surface area contributed by atoms with Crippen molar-refractivity contribution >= 4 is 30.7 Å². The van der Waals surface area contributed by atoms with Crippen molar-refractivity contribution < 1.29 is 4.79 Å². The second-order valence-corrected chi connectivity index (χ2v) is 4.23. The zero-order valence-corrected chi connectivity index (χ0v) is 10.8. The molecular weight excluding hydrogens is 261 g/mol. The van der Waals surface area contributed by atoms with Crippen molar-refractivity contribution in [2.45, 2.75) is 6.04 Å². The number of fused-ring (bicyclic) bond motifs is 1. The molecule has 94 valence electrons. The summed E-state index contributed by atoms with van der Waals surface area (Å²) >= 11 is 0. The van der Waals surface area contributed by atoms with E-state index in [1.54, 1.807) is 24.5 Å². The predicted molar refractivity (Wildman–Crippen MR) is 69.8 cm³/mol. The molecule has 0 spiro atoms. The molecule has 4 nitrogen and oxygen atoms in total. The largest absolute Gasteiger partial charge is 0.349 e. The highest BCUT2D eigenvalue weighted by molar-refractivity contribution is 5.94. The number of amides is 1. The first-order valence-corrected chi connectivity index (χ1v) is 5.28. The fraction of sp³-hybridized carbons (Fsp3) is 0.455. The van der Waals surface area contributed by atoms with Crippen LogP contribution in [0.2, 0.25) is 0 Å². The van der Waals surface area contributed by atoms with E-state index < -0.39 is 0 Å². The highest BCUT2D eigenvalue weighted by Crippen LogP contribution is 2.41. The molecule has 0 aromatic carbocycles. The second kappa shape index (κ2) is 5.67. The molecule has 6 heteroatoms. The number of piperidine rings is 1. The van der Waals surface area contributed by atoms with E-state index in [0.717, 1.165) is 13.1 Å². The van der Waals surface area contributed by atoms with Gasteiger partial charge in [0.1, 0.15) is 0 Å². The average Bonchev–Trinajstić information content (AvgIpc) is 2.75. The molecule has 3 rings (SSSR count). The second-order valence-electron chi connectivity index (χ2n) is 4.23. The maximum Gasteiger partial charge on any atom is 0.253 e. The number of pyridine rings is 1. The van der Waals surface area contributed by atoms with E-state index in [0.29, 0.717) is 23.4 Å². The van der Waals surface area contributed by atoms with Gasteiger partial charge in [0, 0.05) is 31.5 Å². The standard InChI is InChI=1S/C11H13N3O.2ClH/c15-11(7-2-1-3-12-4-7)14-10-8-5-13-6-9(8)10;;/h1-4,8-10,13H,5-6H2,(H,14,15);2*1H. The summed E-state index contributed by atoms with van der Waals surface area (Å²) in [7, 11) is 0. The van der Waals surface area contributed by atoms with Gasteiger partial charge in [-0.05, 0) is 24.0 Å². The van der Waals surface area contributed by atoms with E-state index in [4.69, 9.17) is 0 Å². The number of rotatable bonds is 2. The Morgan fingerprint density at radius 2 is 2.06 bits per heavy atom. The van der Waals surface area contributed by atoms with Crippen LogP contribution in [0.15, 0.2) is 24.5 Å². The molecule has 1 aliphatic heterocycles. The molecule has 1 aromatic heterocycles. The molecule has 2 aliphatic rings. The Labute approximate surface area is 112 Å². The van der Waals surface area contributed by atoms with E-state index >= 15 is 0 Å². The van der Waals surface area contributed by atoms with Gasteiger partial charge in [0.05, 0.1) is 5.56 Å². The van der Waals surface area contributed by atoms with Crippen molar-refractivity contribution in [3.05, 3.63) is 30.1 Å². The van der Waals surface area contributed by atoms with E-state index in [-0.39, 0.29) is 30.7 Å². The smallest absolute Gasteiger partial charge is 0.253 e. The predicted octanol–water partition coefficient (Wildman–Crippen LogP) is 0.873. The normalized spacial score (nSPS) is 28.4. The van der Waals surface area contributed by atoms with Crippen molar-refractivity contribution in [2.75, 3.05) is 13.1 Å². The minimum absolute atomic E-state index is 0. The summed E-state index contributed by atoms with van der Waals surface area (Å²) in [6.45, 7) is 2.09. The summed E-state index contributed by atoms with van der Waals surface area (Å²) in [6, 6.07) is 3.96. The molecule has 1 saturated heterocycles. The first-order chi connectivity index (χ1) is 7.36. The maximum atomic E-state index is 11.8. The summed E-state index contributed by atoms with van der Waals surface area (Å²) in [4.78, 5) is 15.7. The average molecular weight is 276 g/mol. The Balaban J connectivity index is 0.000000722. The Bertz CT molecular complexity index is 378. The molecule has 0 bridgehead atoms. The molecule has 1 aromatic rings. The van der Waals surface area contributed by atoms with Crippen molar-refractivity contribution in [3.63, 3.8) is 0 Å². The van der Waals surface area contributed by atoms with Crippen molar-refractivity contribution in [3.8, 4) is 0 Å². The molecule has 2 fully saturated rings. The minimum Gasteiger partial charge on any atom is -0.349 e. The van der Waals surface area contributed by atoms with Crippen LogP contribution in [0, 0.1) is 11.8 Å². The highest BCUT2D eigenvalue weighted by atomic mass is 35.5. The molecule has 2 atom stereocenters. The van der Waals surface area contributed by atoms with Gasteiger partial charge >= 0.3 is 0 Å². The molecule has 2 unspecified atom stereocenters. The molecule has 0 radical (unpaired) electrons. The van der Waals surface area contributed by atoms with Crippen molar-refractivity contribution in [1.82, 2.24) is 15.6 Å². The van der Waals surface area contributed by atoms with Crippen LogP contribution in [0.3, 0.4) is 0 Å². The lowest BCUT2D eigenvalue weighted by Crippen LogP contribution is -2.32. The van der Waals surface area contributed by atoms with Crippen LogP contribution in [-0.4, -0.2) is 30.0 Å². The lowest BCUT2D eigenvalue weighted by molar-refractivity contribution is 0.0946. The van der Waals surface area contributed by atoms with Gasteiger partial charge in [-0.25, -0.2) is 0 Å². The molecule has 1 aliphatic carbocycles. The number of halogens is 2. The van der Waals surface area contributed by atoms with Gasteiger partial charge in [-0.1, -0.05) is 0 Å². The number of aromatic nitrogens is 1. The van der Waals surface area contributed by atoms with Crippen LogP contribution < -0.4 is 10.6 Å². The van der Waals surface area contributed by atoms with Crippen LogP contribution in [0.5, 0.6) is 0 Å². The van der Waals surface area contributed by atoms with Crippen molar-refractivity contribution in [1.29, 1.82) is 0 Å². The van der Waals surface area contributed by atoms with E-state index in [9.17, 15) is 4.79 Å². The van der Waals surface area contributed by atoms with Crippen LogP contribution in [-0.2, 0) is 0 Å². The van der Waals surface area contributed by atoms with Gasteiger partial charge in [-0.3, -0.25) is 9.78 Å². The fourth-order valence-electron chi connectivity index (χ4n) is 2.36. The summed E-state index contributed by atoms with van der Waals surface area (Å²) in [6.07, 6.45) is 3.28. The lowest BCUT2D eigenvalue weighted by Gasteiger charge is -2.06. The zero-order chi connectivity index (χ0) is 10.3. The number of hydrogen-bond donors (Lipinski definition) is 2. The summed E-state index contributed by atoms with van der Waals surface area (Å²) in [5.74, 6) is 1.32. The number of carbonyl (C=O) groups is 1. The van der Waals surface area contributed by atoms with E-state index in [1.807, 2.05) is 0 Å². The number of carbonyl (C=O) groups excluding carboxylic acids is 1. The van der Waals surface area contributed by atoms with Crippen LogP contribution in [0.1, 0.15) is 10.4 Å².